The van der Waals surface area contributed by atoms with Crippen molar-refractivity contribution < 1.29 is 9.18 Å². The van der Waals surface area contributed by atoms with Crippen molar-refractivity contribution in [2.45, 2.75) is 19.4 Å². The molecule has 18 heavy (non-hydrogen) atoms. The van der Waals surface area contributed by atoms with E-state index >= 15 is 0 Å². The first kappa shape index (κ1) is 13.0. The first-order chi connectivity index (χ1) is 8.63. The van der Waals surface area contributed by atoms with Gasteiger partial charge in [0.15, 0.2) is 6.29 Å². The number of likely N-dealkylation sites (N-methyl/N-ethyl adjacent to an activating group) is 1. The van der Waals surface area contributed by atoms with E-state index in [1.54, 1.807) is 12.1 Å². The molecule has 4 heteroatoms. The first-order valence-electron chi connectivity index (χ1n) is 6.32. The number of rotatable bonds is 2. The van der Waals surface area contributed by atoms with Crippen LogP contribution in [0.4, 0.5) is 10.1 Å². The van der Waals surface area contributed by atoms with Crippen molar-refractivity contribution in [2.24, 2.45) is 0 Å². The fourth-order valence-corrected chi connectivity index (χ4v) is 2.63. The molecule has 1 aromatic rings. The standard InChI is InChI=1S/C14H19FN2O/c1-11-9-16(2)7-4-8-17(11)14-12(10-18)5-3-6-13(14)15/h3,5-6,10-11H,4,7-9H2,1-2H3. The van der Waals surface area contributed by atoms with Crippen LogP contribution in [0.15, 0.2) is 18.2 Å². The Hall–Kier alpha value is -1.42. The van der Waals surface area contributed by atoms with Crippen LogP contribution in [0.2, 0.25) is 0 Å². The highest BCUT2D eigenvalue weighted by Gasteiger charge is 2.24. The van der Waals surface area contributed by atoms with Gasteiger partial charge in [0.25, 0.3) is 0 Å². The van der Waals surface area contributed by atoms with Gasteiger partial charge in [-0.1, -0.05) is 6.07 Å². The van der Waals surface area contributed by atoms with Crippen LogP contribution in [0.25, 0.3) is 0 Å². The monoisotopic (exact) mass is 250 g/mol. The SMILES string of the molecule is CC1CN(C)CCCN1c1c(F)cccc1C=O. The third-order valence-corrected chi connectivity index (χ3v) is 3.48. The lowest BCUT2D eigenvalue weighted by atomic mass is 10.1. The first-order valence-corrected chi connectivity index (χ1v) is 6.32. The predicted octanol–water partition coefficient (Wildman–Crippen LogP) is 2.17. The molecule has 1 aliphatic heterocycles. The summed E-state index contributed by atoms with van der Waals surface area (Å²) in [5, 5.41) is 0. The highest BCUT2D eigenvalue weighted by atomic mass is 19.1. The molecule has 0 aliphatic carbocycles. The summed E-state index contributed by atoms with van der Waals surface area (Å²) in [6.07, 6.45) is 1.72. The molecule has 0 aromatic heterocycles. The molecule has 0 radical (unpaired) electrons. The van der Waals surface area contributed by atoms with Crippen LogP contribution >= 0.6 is 0 Å². The van der Waals surface area contributed by atoms with Gasteiger partial charge in [0, 0.05) is 24.7 Å². The van der Waals surface area contributed by atoms with E-state index in [1.807, 2.05) is 4.90 Å². The van der Waals surface area contributed by atoms with Gasteiger partial charge in [-0.3, -0.25) is 4.79 Å². The molecule has 98 valence electrons. The average molecular weight is 250 g/mol. The summed E-state index contributed by atoms with van der Waals surface area (Å²) >= 11 is 0. The summed E-state index contributed by atoms with van der Waals surface area (Å²) in [6.45, 7) is 4.74. The molecule has 3 nitrogen and oxygen atoms in total. The minimum absolute atomic E-state index is 0.202. The number of para-hydroxylation sites is 1. The molecule has 1 atom stereocenters. The van der Waals surface area contributed by atoms with Crippen LogP contribution in [-0.2, 0) is 0 Å². The zero-order chi connectivity index (χ0) is 13.1. The van der Waals surface area contributed by atoms with Crippen LogP contribution < -0.4 is 4.90 Å². The van der Waals surface area contributed by atoms with Gasteiger partial charge in [-0.2, -0.15) is 0 Å². The minimum Gasteiger partial charge on any atom is -0.365 e. The van der Waals surface area contributed by atoms with E-state index in [1.165, 1.54) is 6.07 Å². The summed E-state index contributed by atoms with van der Waals surface area (Å²) < 4.78 is 14.0. The number of carbonyl (C=O) groups excluding carboxylic acids is 1. The second kappa shape index (κ2) is 5.48. The van der Waals surface area contributed by atoms with Gasteiger partial charge in [-0.15, -0.1) is 0 Å². The number of hydrogen-bond acceptors (Lipinski definition) is 3. The maximum Gasteiger partial charge on any atom is 0.152 e. The van der Waals surface area contributed by atoms with Crippen LogP contribution in [-0.4, -0.2) is 43.9 Å². The van der Waals surface area contributed by atoms with Crippen LogP contribution in [0.5, 0.6) is 0 Å². The molecule has 1 aliphatic rings. The molecule has 2 rings (SSSR count). The zero-order valence-corrected chi connectivity index (χ0v) is 10.9. The summed E-state index contributed by atoms with van der Waals surface area (Å²) in [7, 11) is 2.07. The fraction of sp³-hybridized carbons (Fsp3) is 0.500. The van der Waals surface area contributed by atoms with Gasteiger partial charge in [0.05, 0.1) is 5.69 Å². The average Bonchev–Trinajstić information content (AvgIpc) is 2.50. The van der Waals surface area contributed by atoms with E-state index in [4.69, 9.17) is 0 Å². The molecule has 0 saturated carbocycles. The number of aldehydes is 1. The van der Waals surface area contributed by atoms with Crippen molar-refractivity contribution in [3.63, 3.8) is 0 Å². The summed E-state index contributed by atoms with van der Waals surface area (Å²) in [5.74, 6) is -0.309. The smallest absolute Gasteiger partial charge is 0.152 e. The number of carbonyl (C=O) groups is 1. The van der Waals surface area contributed by atoms with Crippen molar-refractivity contribution in [3.8, 4) is 0 Å². The Bertz CT molecular complexity index is 436. The summed E-state index contributed by atoms with van der Waals surface area (Å²) in [6, 6.07) is 4.88. The third kappa shape index (κ3) is 2.53. The third-order valence-electron chi connectivity index (χ3n) is 3.48. The van der Waals surface area contributed by atoms with Gasteiger partial charge in [0.2, 0.25) is 0 Å². The van der Waals surface area contributed by atoms with Crippen molar-refractivity contribution in [2.75, 3.05) is 31.6 Å². The van der Waals surface area contributed by atoms with Gasteiger partial charge < -0.3 is 9.80 Å². The van der Waals surface area contributed by atoms with Crippen molar-refractivity contribution in [3.05, 3.63) is 29.6 Å². The van der Waals surface area contributed by atoms with Gasteiger partial charge in [-0.05, 0) is 39.1 Å². The molecule has 1 heterocycles. The zero-order valence-electron chi connectivity index (χ0n) is 10.9. The lowest BCUT2D eigenvalue weighted by Crippen LogP contribution is -2.39. The Morgan fingerprint density at radius 3 is 2.89 bits per heavy atom. The van der Waals surface area contributed by atoms with Crippen molar-refractivity contribution in [1.29, 1.82) is 0 Å². The largest absolute Gasteiger partial charge is 0.365 e. The van der Waals surface area contributed by atoms with Gasteiger partial charge in [0.1, 0.15) is 5.82 Å². The quantitative estimate of drug-likeness (QED) is 0.752. The number of anilines is 1. The normalized spacial score (nSPS) is 21.7. The van der Waals surface area contributed by atoms with Gasteiger partial charge >= 0.3 is 0 Å². The van der Waals surface area contributed by atoms with E-state index in [0.717, 1.165) is 32.3 Å². The highest BCUT2D eigenvalue weighted by molar-refractivity contribution is 5.85. The lowest BCUT2D eigenvalue weighted by Gasteiger charge is -2.31. The number of benzene rings is 1. The molecule has 1 unspecified atom stereocenters. The summed E-state index contributed by atoms with van der Waals surface area (Å²) in [4.78, 5) is 15.3. The second-order valence-corrected chi connectivity index (χ2v) is 4.95. The summed E-state index contributed by atoms with van der Waals surface area (Å²) in [5.41, 5.74) is 0.890. The molecule has 1 saturated heterocycles. The predicted molar refractivity (Wildman–Crippen MR) is 70.7 cm³/mol. The number of hydrogen-bond donors (Lipinski definition) is 0. The Morgan fingerprint density at radius 1 is 1.39 bits per heavy atom. The van der Waals surface area contributed by atoms with E-state index in [2.05, 4.69) is 18.9 Å². The topological polar surface area (TPSA) is 23.6 Å². The Labute approximate surface area is 107 Å². The number of halogens is 1. The molecular formula is C14H19FN2O. The van der Waals surface area contributed by atoms with Crippen LogP contribution in [0.1, 0.15) is 23.7 Å². The molecule has 1 fully saturated rings. The van der Waals surface area contributed by atoms with Gasteiger partial charge in [-0.25, -0.2) is 4.39 Å². The molecule has 1 aromatic carbocycles. The molecular weight excluding hydrogens is 231 g/mol. The molecule has 0 spiro atoms. The van der Waals surface area contributed by atoms with E-state index in [9.17, 15) is 9.18 Å². The second-order valence-electron chi connectivity index (χ2n) is 4.95. The van der Waals surface area contributed by atoms with E-state index < -0.39 is 0 Å². The Kier molecular flexibility index (Phi) is 3.97. The van der Waals surface area contributed by atoms with E-state index in [-0.39, 0.29) is 11.9 Å². The van der Waals surface area contributed by atoms with Crippen molar-refractivity contribution >= 4 is 12.0 Å². The Balaban J connectivity index is 2.37. The van der Waals surface area contributed by atoms with Crippen molar-refractivity contribution in [1.82, 2.24) is 4.90 Å². The van der Waals surface area contributed by atoms with Crippen LogP contribution in [0.3, 0.4) is 0 Å². The number of nitrogens with zero attached hydrogens (tertiary/aromatic N) is 2. The van der Waals surface area contributed by atoms with Crippen LogP contribution in [0, 0.1) is 5.82 Å². The maximum atomic E-state index is 14.0. The molecule has 0 N–H and O–H groups in total. The molecule has 0 amide bonds. The Morgan fingerprint density at radius 2 is 2.17 bits per heavy atom. The fourth-order valence-electron chi connectivity index (χ4n) is 2.63. The minimum atomic E-state index is -0.309. The highest BCUT2D eigenvalue weighted by Crippen LogP contribution is 2.26. The maximum absolute atomic E-state index is 14.0. The lowest BCUT2D eigenvalue weighted by molar-refractivity contribution is 0.112. The molecule has 0 bridgehead atoms. The van der Waals surface area contributed by atoms with E-state index in [0.29, 0.717) is 11.3 Å².